The Hall–Kier alpha value is -2.23. The first kappa shape index (κ1) is 10.9. The van der Waals surface area contributed by atoms with E-state index < -0.39 is 5.97 Å². The van der Waals surface area contributed by atoms with E-state index in [1.165, 1.54) is 0 Å². The van der Waals surface area contributed by atoms with Crippen LogP contribution < -0.4 is 4.74 Å². The van der Waals surface area contributed by atoms with Crippen LogP contribution in [0.15, 0.2) is 18.2 Å². The van der Waals surface area contributed by atoms with Gasteiger partial charge in [0, 0.05) is 10.9 Å². The van der Waals surface area contributed by atoms with Gasteiger partial charge in [0.2, 0.25) is 0 Å². The second-order valence-corrected chi connectivity index (χ2v) is 4.38. The van der Waals surface area contributed by atoms with Gasteiger partial charge >= 0.3 is 5.97 Å². The summed E-state index contributed by atoms with van der Waals surface area (Å²) in [5.41, 5.74) is 1.87. The summed E-state index contributed by atoms with van der Waals surface area (Å²) >= 11 is 0. The molecule has 0 spiro atoms. The zero-order valence-corrected chi connectivity index (χ0v) is 10.1. The number of methoxy groups -OCH3 is 1. The molecule has 4 heteroatoms. The van der Waals surface area contributed by atoms with Gasteiger partial charge in [0.25, 0.3) is 0 Å². The van der Waals surface area contributed by atoms with E-state index in [1.54, 1.807) is 7.11 Å². The zero-order valence-electron chi connectivity index (χ0n) is 10.1. The van der Waals surface area contributed by atoms with E-state index >= 15 is 0 Å². The van der Waals surface area contributed by atoms with Crippen molar-refractivity contribution in [3.8, 4) is 11.5 Å². The molecule has 2 aromatic rings. The Morgan fingerprint density at radius 3 is 2.83 bits per heavy atom. The highest BCUT2D eigenvalue weighted by Crippen LogP contribution is 2.39. The molecule has 3 rings (SSSR count). The molecule has 1 aliphatic heterocycles. The molecule has 18 heavy (non-hydrogen) atoms. The fourth-order valence-electron chi connectivity index (χ4n) is 2.43. The number of aryl methyl sites for hydroxylation is 1. The SMILES string of the molecule is COc1cc(C)c2c(O)c3c(cc2c1)COC3=O. The summed E-state index contributed by atoms with van der Waals surface area (Å²) in [7, 11) is 1.60. The third-order valence-electron chi connectivity index (χ3n) is 3.26. The van der Waals surface area contributed by atoms with Gasteiger partial charge < -0.3 is 14.6 Å². The normalized spacial score (nSPS) is 13.6. The highest BCUT2D eigenvalue weighted by atomic mass is 16.5. The van der Waals surface area contributed by atoms with Crippen LogP contribution in [0.3, 0.4) is 0 Å². The lowest BCUT2D eigenvalue weighted by Crippen LogP contribution is -1.96. The van der Waals surface area contributed by atoms with Crippen LogP contribution in [0, 0.1) is 6.92 Å². The Balaban J connectivity index is 2.42. The molecule has 0 aromatic heterocycles. The van der Waals surface area contributed by atoms with Crippen LogP contribution in [0.1, 0.15) is 21.5 Å². The smallest absolute Gasteiger partial charge is 0.342 e. The lowest BCUT2D eigenvalue weighted by Gasteiger charge is -2.10. The average Bonchev–Trinajstić information content (AvgIpc) is 2.70. The third-order valence-corrected chi connectivity index (χ3v) is 3.26. The number of carbonyl (C=O) groups excluding carboxylic acids is 1. The van der Waals surface area contributed by atoms with Crippen LogP contribution >= 0.6 is 0 Å². The van der Waals surface area contributed by atoms with E-state index in [1.807, 2.05) is 25.1 Å². The molecule has 0 saturated heterocycles. The molecule has 1 N–H and O–H groups in total. The number of aromatic hydroxyl groups is 1. The molecule has 2 aromatic carbocycles. The van der Waals surface area contributed by atoms with Crippen LogP contribution in [0.25, 0.3) is 10.8 Å². The minimum absolute atomic E-state index is 0.00477. The molecule has 0 atom stereocenters. The lowest BCUT2D eigenvalue weighted by atomic mass is 9.97. The summed E-state index contributed by atoms with van der Waals surface area (Å²) in [6, 6.07) is 5.53. The van der Waals surface area contributed by atoms with Crippen molar-refractivity contribution in [3.63, 3.8) is 0 Å². The summed E-state index contributed by atoms with van der Waals surface area (Å²) < 4.78 is 10.1. The van der Waals surface area contributed by atoms with Crippen LogP contribution in [0.4, 0.5) is 0 Å². The monoisotopic (exact) mass is 244 g/mol. The average molecular weight is 244 g/mol. The highest BCUT2D eigenvalue weighted by Gasteiger charge is 2.27. The molecule has 4 nitrogen and oxygen atoms in total. The molecule has 0 unspecified atom stereocenters. The van der Waals surface area contributed by atoms with Gasteiger partial charge in [0.15, 0.2) is 0 Å². The van der Waals surface area contributed by atoms with E-state index in [4.69, 9.17) is 9.47 Å². The number of hydrogen-bond acceptors (Lipinski definition) is 4. The standard InChI is InChI=1S/C14H12O4/c1-7-3-10(17-2)5-8-4-9-6-18-14(16)12(9)13(15)11(7)8/h3-5,15H,6H2,1-2H3. The fraction of sp³-hybridized carbons (Fsp3) is 0.214. The van der Waals surface area contributed by atoms with Gasteiger partial charge in [-0.25, -0.2) is 4.79 Å². The molecule has 0 bridgehead atoms. The Labute approximate surface area is 104 Å². The number of cyclic esters (lactones) is 1. The molecule has 0 amide bonds. The van der Waals surface area contributed by atoms with Crippen molar-refractivity contribution < 1.29 is 19.4 Å². The first-order valence-corrected chi connectivity index (χ1v) is 5.62. The van der Waals surface area contributed by atoms with Crippen molar-refractivity contribution in [2.45, 2.75) is 13.5 Å². The van der Waals surface area contributed by atoms with Crippen molar-refractivity contribution >= 4 is 16.7 Å². The van der Waals surface area contributed by atoms with Crippen LogP contribution in [0.5, 0.6) is 11.5 Å². The maximum absolute atomic E-state index is 11.6. The Morgan fingerprint density at radius 1 is 1.33 bits per heavy atom. The van der Waals surface area contributed by atoms with Gasteiger partial charge in [0.05, 0.1) is 7.11 Å². The minimum Gasteiger partial charge on any atom is -0.506 e. The molecule has 0 aliphatic carbocycles. The van der Waals surface area contributed by atoms with E-state index in [2.05, 4.69) is 0 Å². The van der Waals surface area contributed by atoms with Crippen molar-refractivity contribution in [3.05, 3.63) is 34.9 Å². The van der Waals surface area contributed by atoms with Gasteiger partial charge in [-0.1, -0.05) is 0 Å². The lowest BCUT2D eigenvalue weighted by molar-refractivity contribution is 0.0533. The first-order valence-electron chi connectivity index (χ1n) is 5.62. The van der Waals surface area contributed by atoms with Crippen molar-refractivity contribution in [1.29, 1.82) is 0 Å². The van der Waals surface area contributed by atoms with Crippen LogP contribution in [-0.2, 0) is 11.3 Å². The van der Waals surface area contributed by atoms with Crippen molar-refractivity contribution in [1.82, 2.24) is 0 Å². The second-order valence-electron chi connectivity index (χ2n) is 4.38. The number of hydrogen-bond donors (Lipinski definition) is 1. The summed E-state index contributed by atoms with van der Waals surface area (Å²) in [5, 5.41) is 11.8. The predicted molar refractivity (Wildman–Crippen MR) is 66.0 cm³/mol. The third kappa shape index (κ3) is 1.35. The van der Waals surface area contributed by atoms with E-state index in [0.29, 0.717) is 5.39 Å². The Morgan fingerprint density at radius 2 is 2.11 bits per heavy atom. The summed E-state index contributed by atoms with van der Waals surface area (Å²) in [4.78, 5) is 11.6. The van der Waals surface area contributed by atoms with Gasteiger partial charge in [-0.3, -0.25) is 0 Å². The zero-order chi connectivity index (χ0) is 12.9. The first-order chi connectivity index (χ1) is 8.61. The van der Waals surface area contributed by atoms with Gasteiger partial charge in [-0.2, -0.15) is 0 Å². The Bertz CT molecular complexity index is 673. The maximum Gasteiger partial charge on any atom is 0.342 e. The molecule has 0 fully saturated rings. The van der Waals surface area contributed by atoms with Gasteiger partial charge in [-0.15, -0.1) is 0 Å². The summed E-state index contributed by atoms with van der Waals surface area (Å²) in [6.07, 6.45) is 0. The van der Waals surface area contributed by atoms with E-state index in [-0.39, 0.29) is 17.9 Å². The van der Waals surface area contributed by atoms with Gasteiger partial charge in [-0.05, 0) is 36.1 Å². The van der Waals surface area contributed by atoms with Crippen LogP contribution in [-0.4, -0.2) is 18.2 Å². The molecule has 0 saturated carbocycles. The molecule has 0 radical (unpaired) electrons. The molecule has 1 aliphatic rings. The number of carbonyl (C=O) groups is 1. The second kappa shape index (κ2) is 3.63. The highest BCUT2D eigenvalue weighted by molar-refractivity contribution is 6.05. The topological polar surface area (TPSA) is 55.8 Å². The number of ether oxygens (including phenoxy) is 2. The van der Waals surface area contributed by atoms with E-state index in [0.717, 1.165) is 22.3 Å². The Kier molecular flexibility index (Phi) is 2.20. The number of benzene rings is 2. The minimum atomic E-state index is -0.459. The number of esters is 1. The maximum atomic E-state index is 11.6. The largest absolute Gasteiger partial charge is 0.506 e. The molecule has 1 heterocycles. The number of phenolic OH excluding ortho intramolecular Hbond substituents is 1. The quantitative estimate of drug-likeness (QED) is 0.783. The van der Waals surface area contributed by atoms with Crippen molar-refractivity contribution in [2.24, 2.45) is 0 Å². The van der Waals surface area contributed by atoms with Crippen LogP contribution in [0.2, 0.25) is 0 Å². The predicted octanol–water partition coefficient (Wildman–Crippen LogP) is 2.53. The van der Waals surface area contributed by atoms with Gasteiger partial charge in [0.1, 0.15) is 23.7 Å². The number of phenols is 1. The summed E-state index contributed by atoms with van der Waals surface area (Å²) in [5.74, 6) is 0.273. The molecule has 92 valence electrons. The molecular formula is C14H12O4. The molecular weight excluding hydrogens is 232 g/mol. The number of rotatable bonds is 1. The fourth-order valence-corrected chi connectivity index (χ4v) is 2.43. The number of fused-ring (bicyclic) bond motifs is 2. The summed E-state index contributed by atoms with van der Waals surface area (Å²) in [6.45, 7) is 2.09. The van der Waals surface area contributed by atoms with E-state index in [9.17, 15) is 9.90 Å². The van der Waals surface area contributed by atoms with Crippen molar-refractivity contribution in [2.75, 3.05) is 7.11 Å².